The normalized spacial score (nSPS) is 14.0. The van der Waals surface area contributed by atoms with E-state index in [-0.39, 0.29) is 69.3 Å². The van der Waals surface area contributed by atoms with Crippen molar-refractivity contribution < 1.29 is 60.9 Å². The van der Waals surface area contributed by atoms with Crippen molar-refractivity contribution in [1.29, 1.82) is 0 Å². The van der Waals surface area contributed by atoms with Gasteiger partial charge in [-0.2, -0.15) is 13.2 Å². The Labute approximate surface area is 487 Å². The van der Waals surface area contributed by atoms with E-state index in [9.17, 15) is 41.9 Å². The van der Waals surface area contributed by atoms with Gasteiger partial charge in [-0.25, -0.2) is 14.4 Å². The molecule has 5 aromatic carbocycles. The molecule has 0 heterocycles. The number of carbonyl (C=O) groups is 6. The van der Waals surface area contributed by atoms with Gasteiger partial charge in [0.15, 0.2) is 0 Å². The molecular weight excluding hydrogens is 1100 g/mol. The maximum absolute atomic E-state index is 14.4. The molecular formula is C62H73ClF3N7O10. The van der Waals surface area contributed by atoms with Crippen LogP contribution in [0.3, 0.4) is 0 Å². The van der Waals surface area contributed by atoms with E-state index in [0.717, 1.165) is 44.5 Å². The Bertz CT molecular complexity index is 2930. The number of halogens is 4. The maximum atomic E-state index is 14.4. The zero-order chi connectivity index (χ0) is 59.6. The van der Waals surface area contributed by atoms with Gasteiger partial charge in [-0.1, -0.05) is 148 Å². The summed E-state index contributed by atoms with van der Waals surface area (Å²) in [4.78, 5) is 82.3. The summed E-state index contributed by atoms with van der Waals surface area (Å²) in [6.07, 6.45) is -6.70. The first kappa shape index (κ1) is 62.9. The maximum Gasteiger partial charge on any atom is 0.423 e. The van der Waals surface area contributed by atoms with Crippen molar-refractivity contribution in [3.05, 3.63) is 149 Å². The number of anilines is 1. The van der Waals surface area contributed by atoms with Crippen LogP contribution in [0.5, 0.6) is 0 Å². The highest BCUT2D eigenvalue weighted by atomic mass is 35.5. The summed E-state index contributed by atoms with van der Waals surface area (Å²) < 4.78 is 62.8. The number of ether oxygens (including phenoxy) is 4. The van der Waals surface area contributed by atoms with E-state index in [0.29, 0.717) is 29.8 Å². The van der Waals surface area contributed by atoms with Gasteiger partial charge in [-0.05, 0) is 107 Å². The van der Waals surface area contributed by atoms with E-state index in [1.54, 1.807) is 20.9 Å². The number of benzene rings is 5. The smallest absolute Gasteiger partial charge is 0.423 e. The Balaban J connectivity index is 0.977. The van der Waals surface area contributed by atoms with Crippen LogP contribution >= 0.6 is 11.6 Å². The molecule has 0 radical (unpaired) electrons. The van der Waals surface area contributed by atoms with Crippen molar-refractivity contribution in [1.82, 2.24) is 31.5 Å². The number of alkyl halides is 4. The minimum absolute atomic E-state index is 0.0240. The third-order valence-electron chi connectivity index (χ3n) is 14.4. The van der Waals surface area contributed by atoms with Gasteiger partial charge in [0.25, 0.3) is 0 Å². The molecule has 0 bridgehead atoms. The molecule has 4 unspecified atom stereocenters. The van der Waals surface area contributed by atoms with Crippen LogP contribution in [0.1, 0.15) is 93.0 Å². The number of nitrogens with zero attached hydrogens (tertiary/aromatic N) is 1. The number of hydrogen-bond donors (Lipinski definition) is 6. The van der Waals surface area contributed by atoms with Gasteiger partial charge in [0.05, 0.1) is 13.2 Å². The first-order valence-electron chi connectivity index (χ1n) is 27.9. The first-order valence-corrected chi connectivity index (χ1v) is 28.4. The number of hydrogen-bond acceptors (Lipinski definition) is 11. The largest absolute Gasteiger partial charge is 0.449 e. The highest BCUT2D eigenvalue weighted by Crippen LogP contribution is 2.46. The van der Waals surface area contributed by atoms with E-state index in [2.05, 4.69) is 31.9 Å². The van der Waals surface area contributed by atoms with E-state index in [4.69, 9.17) is 30.5 Å². The van der Waals surface area contributed by atoms with Gasteiger partial charge in [0.2, 0.25) is 23.2 Å². The second-order valence-electron chi connectivity index (χ2n) is 21.2. The number of alkyl carbamates (subject to hydrolysis) is 2. The Kier molecular flexibility index (Phi) is 22.8. The third-order valence-corrected chi connectivity index (χ3v) is 14.9. The van der Waals surface area contributed by atoms with E-state index in [1.165, 1.54) is 24.3 Å². The molecule has 83 heavy (non-hydrogen) atoms. The van der Waals surface area contributed by atoms with Crippen LogP contribution in [-0.4, -0.2) is 124 Å². The van der Waals surface area contributed by atoms with Crippen LogP contribution in [0.15, 0.2) is 121 Å². The van der Waals surface area contributed by atoms with Gasteiger partial charge < -0.3 is 50.8 Å². The summed E-state index contributed by atoms with van der Waals surface area (Å²) in [5, 5.41) is 16.8. The zero-order valence-corrected chi connectivity index (χ0v) is 47.9. The Hall–Kier alpha value is -7.68. The lowest BCUT2D eigenvalue weighted by molar-refractivity contribution is -0.157. The van der Waals surface area contributed by atoms with Gasteiger partial charge in [-0.3, -0.25) is 19.3 Å². The molecule has 444 valence electrons. The van der Waals surface area contributed by atoms with Crippen molar-refractivity contribution in [2.24, 2.45) is 11.8 Å². The average molecular weight is 1170 g/mol. The van der Waals surface area contributed by atoms with E-state index >= 15 is 0 Å². The predicted octanol–water partition coefficient (Wildman–Crippen LogP) is 10.2. The molecule has 0 aliphatic heterocycles. The van der Waals surface area contributed by atoms with Crippen molar-refractivity contribution in [3.8, 4) is 22.3 Å². The molecule has 4 atom stereocenters. The number of rotatable bonds is 28. The Morgan fingerprint density at radius 3 is 1.63 bits per heavy atom. The van der Waals surface area contributed by atoms with Crippen LogP contribution < -0.4 is 31.9 Å². The fraction of sp³-hybridized carbons (Fsp3) is 0.419. The molecule has 5 aromatic rings. The second-order valence-corrected chi connectivity index (χ2v) is 21.6. The number of likely N-dealkylation sites (N-methyl/N-ethyl adjacent to an activating group) is 1. The highest BCUT2D eigenvalue weighted by molar-refractivity contribution is 6.21. The number of carbonyl (C=O) groups excluding carboxylic acids is 6. The summed E-state index contributed by atoms with van der Waals surface area (Å²) in [6, 6.07) is 34.4. The topological polar surface area (TPSA) is 215 Å². The minimum atomic E-state index is -4.95. The quantitative estimate of drug-likeness (QED) is 0.0120. The molecule has 0 spiro atoms. The zero-order valence-electron chi connectivity index (χ0n) is 47.2. The van der Waals surface area contributed by atoms with Crippen LogP contribution in [0, 0.1) is 11.8 Å². The van der Waals surface area contributed by atoms with E-state index < -0.39 is 84.9 Å². The molecule has 6 amide bonds. The van der Waals surface area contributed by atoms with Gasteiger partial charge in [0.1, 0.15) is 37.9 Å². The molecule has 0 saturated heterocycles. The van der Waals surface area contributed by atoms with Crippen molar-refractivity contribution >= 4 is 53.3 Å². The number of unbranched alkanes of at least 4 members (excludes halogenated alkanes) is 1. The van der Waals surface area contributed by atoms with Crippen LogP contribution in [0.25, 0.3) is 22.3 Å². The van der Waals surface area contributed by atoms with Gasteiger partial charge in [0, 0.05) is 37.2 Å². The summed E-state index contributed by atoms with van der Waals surface area (Å²) in [7, 11) is 1.68. The first-order chi connectivity index (χ1) is 39.8. The molecule has 0 aromatic heterocycles. The Morgan fingerprint density at radius 1 is 0.602 bits per heavy atom. The van der Waals surface area contributed by atoms with Crippen LogP contribution in [0.4, 0.5) is 33.2 Å². The molecule has 2 aliphatic carbocycles. The van der Waals surface area contributed by atoms with E-state index in [1.807, 2.05) is 111 Å². The number of nitrogens with one attached hydrogen (secondary N) is 6. The molecule has 0 fully saturated rings. The fourth-order valence-corrected chi connectivity index (χ4v) is 10.4. The number of amides is 6. The second kappa shape index (κ2) is 30.0. The third kappa shape index (κ3) is 17.2. The summed E-state index contributed by atoms with van der Waals surface area (Å²) in [5.74, 6) is -2.80. The SMILES string of the molecule is CNCCOCCN(C(=O)OCc1ccc(NC(=O)C(CCCCNC(=O)OCC2c3ccccc3-c3ccccc32)NC(=O)C(CC(C)C)NC(=O)C(NC(=O)OCC2c3ccccc3-c3ccccc32)C(C)C)cc1)C(Cl)C(F)(F)F. The standard InChI is InChI=1S/C62H73ClF3N7O10/c1-38(2)34-53(71-57(76)54(39(3)4)72-60(78)82-37-51-48-22-12-8-18-44(48)45-19-9-13-23-49(45)51)56(75)70-52(24-14-15-29-68-59(77)81-36-50-46-20-10-6-16-42(46)43-17-7-11-21-47(43)50)55(74)69-41-27-25-40(26-28-41)35-83-61(79)73(58(63)62(64,65)66)31-33-80-32-30-67-5/h6-13,16-23,25-28,38-39,50-54,58,67H,14-15,24,29-37H2,1-5H3,(H,68,77)(H,69,74)(H,70,75)(H,71,76)(H,72,78). The lowest BCUT2D eigenvalue weighted by Gasteiger charge is -2.28. The summed E-state index contributed by atoms with van der Waals surface area (Å²) in [6.45, 7) is 7.07. The average Bonchev–Trinajstić information content (AvgIpc) is 2.83. The Morgan fingerprint density at radius 2 is 1.12 bits per heavy atom. The van der Waals surface area contributed by atoms with Gasteiger partial charge in [-0.15, -0.1) is 0 Å². The summed E-state index contributed by atoms with van der Waals surface area (Å²) >= 11 is 5.64. The molecule has 17 nitrogen and oxygen atoms in total. The fourth-order valence-electron chi connectivity index (χ4n) is 10.2. The van der Waals surface area contributed by atoms with Crippen molar-refractivity contribution in [2.75, 3.05) is 58.4 Å². The molecule has 7 rings (SSSR count). The number of fused-ring (bicyclic) bond motifs is 6. The highest BCUT2D eigenvalue weighted by Gasteiger charge is 2.45. The lowest BCUT2D eigenvalue weighted by Crippen LogP contribution is -2.57. The lowest BCUT2D eigenvalue weighted by atomic mass is 9.98. The van der Waals surface area contributed by atoms with Crippen LogP contribution in [0.2, 0.25) is 0 Å². The molecule has 2 aliphatic rings. The van der Waals surface area contributed by atoms with Gasteiger partial charge >= 0.3 is 24.5 Å². The monoisotopic (exact) mass is 1170 g/mol. The minimum Gasteiger partial charge on any atom is -0.449 e. The molecule has 6 N–H and O–H groups in total. The molecule has 21 heteroatoms. The van der Waals surface area contributed by atoms with Crippen molar-refractivity contribution in [3.63, 3.8) is 0 Å². The van der Waals surface area contributed by atoms with Crippen molar-refractivity contribution in [2.45, 2.75) is 102 Å². The summed E-state index contributed by atoms with van der Waals surface area (Å²) in [5.41, 5.74) is 6.48. The predicted molar refractivity (Wildman–Crippen MR) is 309 cm³/mol. The van der Waals surface area contributed by atoms with Crippen LogP contribution in [-0.2, 0) is 39.9 Å². The molecule has 0 saturated carbocycles.